The Balaban J connectivity index is 1.94. The van der Waals surface area contributed by atoms with E-state index in [2.05, 4.69) is 17.1 Å². The van der Waals surface area contributed by atoms with Crippen molar-refractivity contribution in [3.8, 4) is 0 Å². The summed E-state index contributed by atoms with van der Waals surface area (Å²) < 4.78 is 10.6. The Labute approximate surface area is 121 Å². The van der Waals surface area contributed by atoms with Crippen molar-refractivity contribution in [2.24, 2.45) is 11.7 Å². The molecule has 1 aliphatic carbocycles. The summed E-state index contributed by atoms with van der Waals surface area (Å²) >= 11 is 0. The Bertz CT molecular complexity index is 411. The summed E-state index contributed by atoms with van der Waals surface area (Å²) in [4.78, 5) is 4.50. The molecule has 20 heavy (non-hydrogen) atoms. The third-order valence-electron chi connectivity index (χ3n) is 4.66. The second kappa shape index (κ2) is 6.68. The van der Waals surface area contributed by atoms with Crippen LogP contribution in [0.3, 0.4) is 0 Å². The molecule has 0 aromatic carbocycles. The number of aromatic nitrogens is 2. The lowest BCUT2D eigenvalue weighted by molar-refractivity contribution is 0.109. The van der Waals surface area contributed by atoms with Crippen molar-refractivity contribution in [2.75, 3.05) is 7.11 Å². The molecule has 5 nitrogen and oxygen atoms in total. The Morgan fingerprint density at radius 2 is 2.15 bits per heavy atom. The number of hydrogen-bond donors (Lipinski definition) is 1. The van der Waals surface area contributed by atoms with Crippen LogP contribution in [0.5, 0.6) is 0 Å². The third kappa shape index (κ3) is 3.58. The topological polar surface area (TPSA) is 74.2 Å². The number of methoxy groups -OCH3 is 1. The first-order valence-electron chi connectivity index (χ1n) is 7.72. The van der Waals surface area contributed by atoms with E-state index in [4.69, 9.17) is 15.0 Å². The highest BCUT2D eigenvalue weighted by molar-refractivity contribution is 5.06. The van der Waals surface area contributed by atoms with Crippen LogP contribution in [0.25, 0.3) is 0 Å². The van der Waals surface area contributed by atoms with Crippen LogP contribution in [0.1, 0.15) is 64.1 Å². The van der Waals surface area contributed by atoms with Crippen LogP contribution >= 0.6 is 0 Å². The van der Waals surface area contributed by atoms with Gasteiger partial charge in [0, 0.05) is 13.5 Å². The quantitative estimate of drug-likeness (QED) is 0.868. The van der Waals surface area contributed by atoms with Crippen molar-refractivity contribution >= 4 is 0 Å². The van der Waals surface area contributed by atoms with Gasteiger partial charge in [0.15, 0.2) is 5.82 Å². The minimum Gasteiger partial charge on any atom is -0.382 e. The lowest BCUT2D eigenvalue weighted by atomic mass is 9.76. The highest BCUT2D eigenvalue weighted by atomic mass is 16.5. The van der Waals surface area contributed by atoms with E-state index < -0.39 is 0 Å². The maximum absolute atomic E-state index is 6.48. The molecule has 2 N–H and O–H groups in total. The second-order valence-electron chi connectivity index (χ2n) is 6.10. The van der Waals surface area contributed by atoms with Crippen molar-refractivity contribution in [1.29, 1.82) is 0 Å². The van der Waals surface area contributed by atoms with Gasteiger partial charge in [-0.2, -0.15) is 4.98 Å². The molecule has 1 fully saturated rings. The first-order valence-corrected chi connectivity index (χ1v) is 7.72. The van der Waals surface area contributed by atoms with Gasteiger partial charge < -0.3 is 15.0 Å². The summed E-state index contributed by atoms with van der Waals surface area (Å²) in [6.07, 6.45) is 7.32. The highest BCUT2D eigenvalue weighted by Gasteiger charge is 2.36. The minimum atomic E-state index is -0.389. The summed E-state index contributed by atoms with van der Waals surface area (Å²) in [7, 11) is 1.71. The van der Waals surface area contributed by atoms with Crippen molar-refractivity contribution in [1.82, 2.24) is 10.1 Å². The van der Waals surface area contributed by atoms with Gasteiger partial charge in [-0.05, 0) is 44.9 Å². The van der Waals surface area contributed by atoms with Crippen molar-refractivity contribution in [2.45, 2.75) is 70.4 Å². The summed E-state index contributed by atoms with van der Waals surface area (Å²) in [5, 5.41) is 4.11. The van der Waals surface area contributed by atoms with Crippen LogP contribution in [0, 0.1) is 5.92 Å². The summed E-state index contributed by atoms with van der Waals surface area (Å²) in [5.74, 6) is 2.17. The summed E-state index contributed by atoms with van der Waals surface area (Å²) in [5.41, 5.74) is 6.09. The van der Waals surface area contributed by atoms with Gasteiger partial charge in [0.1, 0.15) is 0 Å². The van der Waals surface area contributed by atoms with Gasteiger partial charge in [0.05, 0.1) is 11.6 Å². The zero-order valence-corrected chi connectivity index (χ0v) is 12.9. The molecule has 114 valence electrons. The molecule has 1 saturated carbocycles. The fourth-order valence-corrected chi connectivity index (χ4v) is 2.83. The highest BCUT2D eigenvalue weighted by Crippen LogP contribution is 2.37. The molecule has 1 atom stereocenters. The smallest absolute Gasteiger partial charge is 0.226 e. The molecule has 2 rings (SSSR count). The third-order valence-corrected chi connectivity index (χ3v) is 4.66. The van der Waals surface area contributed by atoms with Gasteiger partial charge in [-0.3, -0.25) is 0 Å². The van der Waals surface area contributed by atoms with E-state index in [0.717, 1.165) is 44.4 Å². The fraction of sp³-hybridized carbons (Fsp3) is 0.867. The van der Waals surface area contributed by atoms with Crippen molar-refractivity contribution in [3.63, 3.8) is 0 Å². The molecule has 1 heterocycles. The molecule has 0 radical (unpaired) electrons. The predicted octanol–water partition coefficient (Wildman–Crippen LogP) is 2.79. The molecule has 0 amide bonds. The first-order chi connectivity index (χ1) is 9.57. The van der Waals surface area contributed by atoms with E-state index in [1.807, 2.05) is 6.92 Å². The van der Waals surface area contributed by atoms with E-state index in [-0.39, 0.29) is 11.6 Å². The molecule has 1 unspecified atom stereocenters. The molecule has 1 aromatic heterocycles. The lowest BCUT2D eigenvalue weighted by Gasteiger charge is -2.34. The van der Waals surface area contributed by atoms with E-state index in [9.17, 15) is 0 Å². The van der Waals surface area contributed by atoms with E-state index in [1.165, 1.54) is 6.42 Å². The molecular formula is C15H27N3O2. The van der Waals surface area contributed by atoms with Crippen LogP contribution in [-0.4, -0.2) is 23.4 Å². The largest absolute Gasteiger partial charge is 0.382 e. The molecule has 1 aliphatic rings. The Morgan fingerprint density at radius 1 is 1.45 bits per heavy atom. The van der Waals surface area contributed by atoms with Gasteiger partial charge >= 0.3 is 0 Å². The maximum atomic E-state index is 6.48. The van der Waals surface area contributed by atoms with Gasteiger partial charge in [-0.15, -0.1) is 0 Å². The summed E-state index contributed by atoms with van der Waals surface area (Å²) in [6, 6.07) is 0. The molecule has 0 saturated heterocycles. The standard InChI is InChI=1S/C15H27N3O2/c1-4-12-7-9-15(16,10-8-12)14-17-13(20-18-14)6-5-11(2)19-3/h11-12H,4-10,16H2,1-3H3. The van der Waals surface area contributed by atoms with Crippen LogP contribution in [0.15, 0.2) is 4.52 Å². The van der Waals surface area contributed by atoms with Gasteiger partial charge in [0.2, 0.25) is 5.89 Å². The maximum Gasteiger partial charge on any atom is 0.226 e. The number of ether oxygens (including phenoxy) is 1. The first kappa shape index (κ1) is 15.4. The Hall–Kier alpha value is -0.940. The lowest BCUT2D eigenvalue weighted by Crippen LogP contribution is -2.41. The van der Waals surface area contributed by atoms with E-state index in [1.54, 1.807) is 7.11 Å². The van der Waals surface area contributed by atoms with Crippen LogP contribution < -0.4 is 5.73 Å². The number of nitrogens with two attached hydrogens (primary N) is 1. The predicted molar refractivity (Wildman–Crippen MR) is 77.2 cm³/mol. The second-order valence-corrected chi connectivity index (χ2v) is 6.10. The zero-order chi connectivity index (χ0) is 14.6. The van der Waals surface area contributed by atoms with Crippen LogP contribution in [-0.2, 0) is 16.7 Å². The average molecular weight is 281 g/mol. The monoisotopic (exact) mass is 281 g/mol. The normalized spacial score (nSPS) is 28.5. The molecule has 0 spiro atoms. The van der Waals surface area contributed by atoms with Gasteiger partial charge in [-0.25, -0.2) is 0 Å². The van der Waals surface area contributed by atoms with Crippen molar-refractivity contribution in [3.05, 3.63) is 11.7 Å². The number of hydrogen-bond acceptors (Lipinski definition) is 5. The molecule has 5 heteroatoms. The molecule has 0 bridgehead atoms. The molecular weight excluding hydrogens is 254 g/mol. The van der Waals surface area contributed by atoms with Crippen LogP contribution in [0.4, 0.5) is 0 Å². The summed E-state index contributed by atoms with van der Waals surface area (Å²) in [6.45, 7) is 4.28. The number of aryl methyl sites for hydroxylation is 1. The molecule has 1 aromatic rings. The number of rotatable bonds is 6. The molecule has 0 aliphatic heterocycles. The van der Waals surface area contributed by atoms with Crippen molar-refractivity contribution < 1.29 is 9.26 Å². The Kier molecular flexibility index (Phi) is 5.16. The SMILES string of the molecule is CCC1CCC(N)(c2noc(CCC(C)OC)n2)CC1. The van der Waals surface area contributed by atoms with E-state index >= 15 is 0 Å². The van der Waals surface area contributed by atoms with Crippen LogP contribution in [0.2, 0.25) is 0 Å². The zero-order valence-electron chi connectivity index (χ0n) is 12.9. The van der Waals surface area contributed by atoms with E-state index in [0.29, 0.717) is 11.7 Å². The average Bonchev–Trinajstić information content (AvgIpc) is 2.95. The van der Waals surface area contributed by atoms with Gasteiger partial charge in [0.25, 0.3) is 0 Å². The minimum absolute atomic E-state index is 0.206. The fourth-order valence-electron chi connectivity index (χ4n) is 2.83. The number of nitrogens with zero attached hydrogens (tertiary/aromatic N) is 2. The van der Waals surface area contributed by atoms with Gasteiger partial charge in [-0.1, -0.05) is 18.5 Å². The Morgan fingerprint density at radius 3 is 2.75 bits per heavy atom.